The highest BCUT2D eigenvalue weighted by Gasteiger charge is 2.29. The number of phenols is 1. The minimum absolute atomic E-state index is 0.0192. The van der Waals surface area contributed by atoms with Gasteiger partial charge in [0.1, 0.15) is 6.54 Å². The van der Waals surface area contributed by atoms with Crippen LogP contribution in [0.2, 0.25) is 0 Å². The first-order valence-electron chi connectivity index (χ1n) is 7.05. The maximum Gasteiger partial charge on any atom is 0.208 e. The first-order valence-corrected chi connectivity index (χ1v) is 7.05. The van der Waals surface area contributed by atoms with Gasteiger partial charge in [-0.25, -0.2) is 4.58 Å². The van der Waals surface area contributed by atoms with E-state index in [9.17, 15) is 10.2 Å². The van der Waals surface area contributed by atoms with Gasteiger partial charge in [-0.3, -0.25) is 0 Å². The number of ether oxygens (including phenoxy) is 1. The number of aryl methyl sites for hydroxylation is 1. The van der Waals surface area contributed by atoms with Crippen molar-refractivity contribution in [3.63, 3.8) is 0 Å². The number of allylic oxidation sites excluding steroid dienone is 1. The molecular weight excluding hydrogens is 266 g/mol. The molecule has 1 saturated heterocycles. The molecule has 1 aromatic rings. The highest BCUT2D eigenvalue weighted by molar-refractivity contribution is 5.75. The number of hydrogen-bond acceptors (Lipinski definition) is 3. The van der Waals surface area contributed by atoms with Gasteiger partial charge >= 0.3 is 0 Å². The van der Waals surface area contributed by atoms with Crippen molar-refractivity contribution in [2.45, 2.75) is 25.8 Å². The molecule has 2 N–H and O–H groups in total. The molecule has 0 bridgehead atoms. The Morgan fingerprint density at radius 2 is 2.24 bits per heavy atom. The van der Waals surface area contributed by atoms with Crippen LogP contribution in [0.15, 0.2) is 30.5 Å². The molecule has 4 nitrogen and oxygen atoms in total. The molecule has 1 aliphatic heterocycles. The van der Waals surface area contributed by atoms with Gasteiger partial charge in [-0.05, 0) is 36.3 Å². The van der Waals surface area contributed by atoms with Crippen molar-refractivity contribution >= 4 is 12.3 Å². The standard InChI is InChI=1S/C17H21NO3/c1-12-10-14(11-16(21-3)17(12)20)6-4-8-18-9-5-7-15(18)13(2)19/h4,6,8,10-11,15,19H,2,5,7,9H2,1,3H3/p+1/t15-/m0/s1. The lowest BCUT2D eigenvalue weighted by molar-refractivity contribution is -0.533. The van der Waals surface area contributed by atoms with E-state index in [4.69, 9.17) is 4.74 Å². The van der Waals surface area contributed by atoms with Crippen molar-refractivity contribution in [3.05, 3.63) is 41.7 Å². The topological polar surface area (TPSA) is 52.7 Å². The van der Waals surface area contributed by atoms with Gasteiger partial charge in [-0.2, -0.15) is 0 Å². The van der Waals surface area contributed by atoms with Gasteiger partial charge in [-0.1, -0.05) is 6.58 Å². The van der Waals surface area contributed by atoms with Gasteiger partial charge in [0.2, 0.25) is 6.04 Å². The number of phenolic OH excluding ortho intramolecular Hbond substituents is 1. The number of aliphatic hydroxyl groups excluding tert-OH is 1. The van der Waals surface area contributed by atoms with Crippen molar-refractivity contribution in [2.75, 3.05) is 13.7 Å². The number of aromatic hydroxyl groups is 1. The molecule has 0 saturated carbocycles. The Morgan fingerprint density at radius 3 is 2.90 bits per heavy atom. The summed E-state index contributed by atoms with van der Waals surface area (Å²) < 4.78 is 7.23. The molecule has 0 amide bonds. The van der Waals surface area contributed by atoms with Gasteiger partial charge in [0.15, 0.2) is 23.5 Å². The summed E-state index contributed by atoms with van der Waals surface area (Å²) in [5.74, 6) is 0.867. The van der Waals surface area contributed by atoms with Crippen molar-refractivity contribution in [2.24, 2.45) is 0 Å². The van der Waals surface area contributed by atoms with Crippen LogP contribution < -0.4 is 4.74 Å². The Hall–Kier alpha value is -2.23. The molecule has 0 radical (unpaired) electrons. The van der Waals surface area contributed by atoms with Crippen LogP contribution in [0.4, 0.5) is 0 Å². The minimum Gasteiger partial charge on any atom is -0.506 e. The van der Waals surface area contributed by atoms with E-state index in [2.05, 4.69) is 11.2 Å². The van der Waals surface area contributed by atoms with E-state index in [1.54, 1.807) is 6.07 Å². The van der Waals surface area contributed by atoms with Gasteiger partial charge in [0.05, 0.1) is 7.11 Å². The summed E-state index contributed by atoms with van der Waals surface area (Å²) >= 11 is 0. The Labute approximate surface area is 125 Å². The predicted molar refractivity (Wildman–Crippen MR) is 84.4 cm³/mol. The zero-order valence-corrected chi connectivity index (χ0v) is 12.5. The summed E-state index contributed by atoms with van der Waals surface area (Å²) in [5, 5.41) is 19.4. The van der Waals surface area contributed by atoms with E-state index in [0.717, 1.165) is 30.5 Å². The molecule has 1 aliphatic rings. The second-order valence-corrected chi connectivity index (χ2v) is 5.28. The molecule has 1 heterocycles. The Balaban J connectivity index is 2.18. The van der Waals surface area contributed by atoms with Crippen LogP contribution in [-0.2, 0) is 0 Å². The number of hydrogen-bond donors (Lipinski definition) is 2. The molecular formula is C17H22NO3+. The molecule has 0 aromatic heterocycles. The normalized spacial score (nSPS) is 20.3. The number of benzene rings is 1. The van der Waals surface area contributed by atoms with Gasteiger partial charge in [0, 0.05) is 18.9 Å². The van der Waals surface area contributed by atoms with E-state index in [1.807, 2.05) is 31.4 Å². The van der Waals surface area contributed by atoms with Gasteiger partial charge < -0.3 is 14.9 Å². The van der Waals surface area contributed by atoms with Crippen molar-refractivity contribution in [1.82, 2.24) is 0 Å². The summed E-state index contributed by atoms with van der Waals surface area (Å²) in [5.41, 5.74) is 1.73. The van der Waals surface area contributed by atoms with Crippen LogP contribution in [0, 0.1) is 6.92 Å². The lowest BCUT2D eigenvalue weighted by Gasteiger charge is -2.07. The fourth-order valence-electron chi connectivity index (χ4n) is 2.62. The van der Waals surface area contributed by atoms with Crippen molar-refractivity contribution in [3.8, 4) is 11.5 Å². The van der Waals surface area contributed by atoms with Crippen LogP contribution in [0.1, 0.15) is 24.0 Å². The summed E-state index contributed by atoms with van der Waals surface area (Å²) in [6.45, 7) is 6.38. The smallest absolute Gasteiger partial charge is 0.208 e. The fraction of sp³-hybridized carbons (Fsp3) is 0.353. The third kappa shape index (κ3) is 3.45. The second kappa shape index (κ2) is 6.48. The third-order valence-electron chi connectivity index (χ3n) is 3.75. The molecule has 21 heavy (non-hydrogen) atoms. The molecule has 0 unspecified atom stereocenters. The van der Waals surface area contributed by atoms with Crippen molar-refractivity contribution in [1.29, 1.82) is 0 Å². The van der Waals surface area contributed by atoms with E-state index in [-0.39, 0.29) is 17.6 Å². The molecule has 1 fully saturated rings. The average molecular weight is 288 g/mol. The number of rotatable bonds is 4. The second-order valence-electron chi connectivity index (χ2n) is 5.28. The molecule has 0 aliphatic carbocycles. The zero-order valence-electron chi connectivity index (χ0n) is 12.5. The first-order chi connectivity index (χ1) is 10.0. The lowest BCUT2D eigenvalue weighted by Crippen LogP contribution is -2.21. The zero-order chi connectivity index (χ0) is 15.4. The predicted octanol–water partition coefficient (Wildman–Crippen LogP) is 3.04. The fourth-order valence-corrected chi connectivity index (χ4v) is 2.62. The lowest BCUT2D eigenvalue weighted by atomic mass is 10.1. The molecule has 112 valence electrons. The number of aliphatic hydroxyl groups is 1. The quantitative estimate of drug-likeness (QED) is 0.661. The summed E-state index contributed by atoms with van der Waals surface area (Å²) in [6.07, 6.45) is 7.84. The van der Waals surface area contributed by atoms with E-state index in [1.165, 1.54) is 7.11 Å². The SMILES string of the molecule is C=C(O)[C@@H]1CCC[N+]1=C/C=C/c1cc(C)c(O)c(OC)c1. The Morgan fingerprint density at radius 1 is 1.48 bits per heavy atom. The Kier molecular flexibility index (Phi) is 4.68. The van der Waals surface area contributed by atoms with E-state index < -0.39 is 0 Å². The summed E-state index contributed by atoms with van der Waals surface area (Å²) in [4.78, 5) is 0. The minimum atomic E-state index is 0.0192. The Bertz CT molecular complexity index is 602. The maximum absolute atomic E-state index is 9.81. The van der Waals surface area contributed by atoms with Crippen LogP contribution in [0.25, 0.3) is 6.08 Å². The molecule has 1 atom stereocenters. The van der Waals surface area contributed by atoms with Crippen molar-refractivity contribution < 1.29 is 19.5 Å². The van der Waals surface area contributed by atoms with E-state index in [0.29, 0.717) is 5.75 Å². The highest BCUT2D eigenvalue weighted by atomic mass is 16.5. The monoisotopic (exact) mass is 288 g/mol. The van der Waals surface area contributed by atoms with Gasteiger partial charge in [-0.15, -0.1) is 0 Å². The van der Waals surface area contributed by atoms with Gasteiger partial charge in [0.25, 0.3) is 0 Å². The van der Waals surface area contributed by atoms with Crippen LogP contribution in [0.5, 0.6) is 11.5 Å². The van der Waals surface area contributed by atoms with E-state index >= 15 is 0 Å². The maximum atomic E-state index is 9.81. The van der Waals surface area contributed by atoms with Crippen LogP contribution in [0.3, 0.4) is 0 Å². The third-order valence-corrected chi connectivity index (χ3v) is 3.75. The number of methoxy groups -OCH3 is 1. The molecule has 4 heteroatoms. The number of nitrogens with zero attached hydrogens (tertiary/aromatic N) is 1. The molecule has 2 rings (SSSR count). The largest absolute Gasteiger partial charge is 0.506 e. The first kappa shape index (κ1) is 15.2. The summed E-state index contributed by atoms with van der Waals surface area (Å²) in [7, 11) is 1.54. The summed E-state index contributed by atoms with van der Waals surface area (Å²) in [6, 6.07) is 3.71. The average Bonchev–Trinajstić information content (AvgIpc) is 2.91. The van der Waals surface area contributed by atoms with Crippen LogP contribution in [-0.4, -0.2) is 40.7 Å². The molecule has 1 aromatic carbocycles. The highest BCUT2D eigenvalue weighted by Crippen LogP contribution is 2.31. The molecule has 0 spiro atoms. The van der Waals surface area contributed by atoms with Crippen LogP contribution >= 0.6 is 0 Å².